The van der Waals surface area contributed by atoms with E-state index in [1.54, 1.807) is 0 Å². The van der Waals surface area contributed by atoms with Crippen molar-refractivity contribution in [2.45, 2.75) is 123 Å². The largest absolute Gasteiger partial charge is 0.496 e. The third-order valence-electron chi connectivity index (χ3n) is 27.4. The normalized spacial score (nSPS) is 15.8. The Kier molecular flexibility index (Phi) is 25.6. The first-order valence-electron chi connectivity index (χ1n) is 45.2. The first-order valence-corrected chi connectivity index (χ1v) is 52.2. The third-order valence-corrected chi connectivity index (χ3v) is 34.8. The van der Waals surface area contributed by atoms with Crippen molar-refractivity contribution in [1.82, 2.24) is 9.13 Å². The van der Waals surface area contributed by atoms with Gasteiger partial charge in [0, 0.05) is 110 Å². The molecule has 0 N–H and O–H groups in total. The molecule has 1 aliphatic carbocycles. The number of para-hydroxylation sites is 2. The summed E-state index contributed by atoms with van der Waals surface area (Å²) in [6.45, 7) is 24.7. The molecular weight excluding hydrogens is 2130 g/mol. The van der Waals surface area contributed by atoms with Crippen LogP contribution in [0.2, 0.25) is 0 Å². The van der Waals surface area contributed by atoms with Crippen molar-refractivity contribution in [3.05, 3.63) is 384 Å². The molecule has 19 heteroatoms. The molecule has 16 aromatic carbocycles. The Labute approximate surface area is 848 Å². The van der Waals surface area contributed by atoms with Gasteiger partial charge in [-0.05, 0) is 325 Å². The van der Waals surface area contributed by atoms with Crippen molar-refractivity contribution in [3.8, 4) is 55.9 Å². The fourth-order valence-corrected chi connectivity index (χ4v) is 24.2. The van der Waals surface area contributed by atoms with E-state index < -0.39 is 32.3 Å². The molecule has 0 radical (unpaired) electrons. The Bertz CT molecular complexity index is 7900. The zero-order chi connectivity index (χ0) is 92.9. The standard InChI is InChI=1S/C36H30BNO2S.C30H18BrNS.C19H11BrS.C12H24B2O4.C12H9I.C6H4BrI/c1-35(2)36(3,4)40-37(39-35)29-22-28-26-14-8-10-16-30(26)38(25-20-18-24(19-21-25)23-12-6-5-7-13-23)33(28)32-27-15-9-11-17-31(27)41-34(29)32;31-25-18-24-22-10-4-6-12-26(22)32(21-16-14-20(15-17-21)19-8-2-1-3-9-19)29(24)28-23-11-5-7-13-27(23)33-30(25)28;20-16-10-14-12-6-2-1-5-11(12)9-15(14)18-13-7-3-4-8-17(13)21-19(16)18;1-9(2)10(3,4)16-13(15-9)14-17-11(5,6)12(7,8)18-14;13-12-8-6-11(7-9-12)10-4-2-1-3-5-10;7-5-1-3-6(8)4-2-5/h5-22H,1-4H3;1-18H;1-8,10H,9H2;1-8H3;1-9H;1-4H. The summed E-state index contributed by atoms with van der Waals surface area (Å²) in [4.78, 5) is 0. The maximum absolute atomic E-state index is 6.64. The Morgan fingerprint density at radius 3 is 1.04 bits per heavy atom. The molecule has 0 spiro atoms. The van der Waals surface area contributed by atoms with E-state index in [2.05, 4.69) is 463 Å². The lowest BCUT2D eigenvalue weighted by Gasteiger charge is -2.32. The van der Waals surface area contributed by atoms with Crippen molar-refractivity contribution in [2.75, 3.05) is 0 Å². The number of halogens is 5. The molecule has 8 heterocycles. The van der Waals surface area contributed by atoms with Crippen LogP contribution in [0.4, 0.5) is 0 Å². The van der Waals surface area contributed by atoms with E-state index in [0.717, 1.165) is 26.5 Å². The van der Waals surface area contributed by atoms with Crippen molar-refractivity contribution in [2.24, 2.45) is 0 Å². The van der Waals surface area contributed by atoms with Gasteiger partial charge in [0.1, 0.15) is 0 Å². The van der Waals surface area contributed by atoms with E-state index in [4.69, 9.17) is 27.9 Å². The monoisotopic (exact) mass is 2220 g/mol. The van der Waals surface area contributed by atoms with Crippen LogP contribution in [0.15, 0.2) is 365 Å². The summed E-state index contributed by atoms with van der Waals surface area (Å²) in [5.41, 5.74) is 19.3. The highest BCUT2D eigenvalue weighted by atomic mass is 127. The van der Waals surface area contributed by atoms with Crippen LogP contribution in [0.1, 0.15) is 94.2 Å². The van der Waals surface area contributed by atoms with Crippen LogP contribution >= 0.6 is 127 Å². The maximum Gasteiger partial charge on any atom is 0.496 e. The molecule has 3 saturated heterocycles. The molecule has 21 aromatic rings. The topological polar surface area (TPSA) is 65.2 Å². The fourth-order valence-electron chi connectivity index (χ4n) is 18.4. The quantitative estimate of drug-likeness (QED) is 0.117. The first-order chi connectivity index (χ1) is 64.5. The lowest BCUT2D eigenvalue weighted by atomic mass is 9.49. The summed E-state index contributed by atoms with van der Waals surface area (Å²) in [6, 6.07) is 126. The lowest BCUT2D eigenvalue weighted by molar-refractivity contribution is 0.00578. The molecule has 3 aliphatic heterocycles. The maximum atomic E-state index is 6.64. The van der Waals surface area contributed by atoms with Crippen LogP contribution in [0.3, 0.4) is 0 Å². The molecule has 664 valence electrons. The van der Waals surface area contributed by atoms with Crippen LogP contribution in [0.5, 0.6) is 0 Å². The van der Waals surface area contributed by atoms with Gasteiger partial charge in [-0.25, -0.2) is 0 Å². The highest BCUT2D eigenvalue weighted by Crippen LogP contribution is 2.52. The van der Waals surface area contributed by atoms with Crippen LogP contribution in [0, 0.1) is 7.14 Å². The zero-order valence-corrected chi connectivity index (χ0v) is 87.9. The molecule has 8 nitrogen and oxygen atoms in total. The second-order valence-corrected chi connectivity index (χ2v) is 45.7. The SMILES string of the molecule is Brc1cc2c(c3c1sc1ccccc13)Cc1ccccc1-2.Brc1cc2c3ccccc3n(-c3ccc(-c4ccccc4)cc3)c2c2c1sc1ccccc12.Brc1ccc(I)cc1.CC1(C)OB(B2OC(C)(C)C(C)(C)O2)OC1(C)C.CC1(C)OB(c2cc3c4ccccc4n(-c4ccc(-c5ccccc5)cc4)c3c3c2sc2ccccc23)OC1(C)C.Ic1ccc(-c2ccccc2)cc1. The van der Waals surface area contributed by atoms with Crippen LogP contribution in [-0.2, 0) is 34.3 Å². The van der Waals surface area contributed by atoms with Gasteiger partial charge in [-0.15, -0.1) is 34.0 Å². The average molecular weight is 2220 g/mol. The molecule has 0 amide bonds. The minimum atomic E-state index is -0.476. The van der Waals surface area contributed by atoms with E-state index in [1.165, 1.54) is 177 Å². The van der Waals surface area contributed by atoms with Gasteiger partial charge in [0.25, 0.3) is 0 Å². The van der Waals surface area contributed by atoms with Crippen molar-refractivity contribution >= 4 is 258 Å². The Morgan fingerprint density at radius 1 is 0.291 bits per heavy atom. The van der Waals surface area contributed by atoms with Gasteiger partial charge in [0.15, 0.2) is 0 Å². The summed E-state index contributed by atoms with van der Waals surface area (Å²) in [5, 5.41) is 13.0. The van der Waals surface area contributed by atoms with E-state index in [9.17, 15) is 0 Å². The van der Waals surface area contributed by atoms with Crippen molar-refractivity contribution in [3.63, 3.8) is 0 Å². The van der Waals surface area contributed by atoms with Gasteiger partial charge >= 0.3 is 21.1 Å². The molecule has 3 fully saturated rings. The number of fused-ring (bicyclic) bond motifs is 21. The van der Waals surface area contributed by atoms with E-state index >= 15 is 0 Å². The zero-order valence-electron chi connectivity index (χ0n) is 76.4. The Balaban J connectivity index is 0.000000107. The number of benzene rings is 16. The molecule has 25 rings (SSSR count). The number of thiophene rings is 3. The Morgan fingerprint density at radius 2 is 0.612 bits per heavy atom. The molecule has 0 unspecified atom stereocenters. The van der Waals surface area contributed by atoms with E-state index in [1.807, 2.05) is 108 Å². The van der Waals surface area contributed by atoms with Crippen LogP contribution in [0.25, 0.3) is 160 Å². The summed E-state index contributed by atoms with van der Waals surface area (Å²) < 4.78 is 55.9. The summed E-state index contributed by atoms with van der Waals surface area (Å²) in [7, 11) is -1.39. The van der Waals surface area contributed by atoms with Gasteiger partial charge in [-0.2, -0.15) is 0 Å². The average Bonchev–Trinajstić information content (AvgIpc) is 1.56. The molecule has 134 heavy (non-hydrogen) atoms. The minimum Gasteiger partial charge on any atom is -0.405 e. The molecule has 5 aromatic heterocycles. The van der Waals surface area contributed by atoms with Gasteiger partial charge in [-0.1, -0.05) is 265 Å². The molecule has 0 atom stereocenters. The van der Waals surface area contributed by atoms with Crippen LogP contribution < -0.4 is 5.46 Å². The number of hydrogen-bond donors (Lipinski definition) is 0. The van der Waals surface area contributed by atoms with Gasteiger partial charge in [0.05, 0.1) is 65.1 Å². The number of aromatic nitrogens is 2. The van der Waals surface area contributed by atoms with E-state index in [0.29, 0.717) is 0 Å². The lowest BCUT2D eigenvalue weighted by Crippen LogP contribution is -2.41. The second kappa shape index (κ2) is 37.2. The molecule has 4 aliphatic rings. The summed E-state index contributed by atoms with van der Waals surface area (Å²) in [6.07, 6.45) is 1.05. The van der Waals surface area contributed by atoms with Crippen molar-refractivity contribution in [1.29, 1.82) is 0 Å². The summed E-state index contributed by atoms with van der Waals surface area (Å²) in [5.74, 6) is 0. The van der Waals surface area contributed by atoms with Gasteiger partial charge in [-0.3, -0.25) is 0 Å². The van der Waals surface area contributed by atoms with Gasteiger partial charge in [0.2, 0.25) is 0 Å². The smallest absolute Gasteiger partial charge is 0.405 e. The summed E-state index contributed by atoms with van der Waals surface area (Å²) >= 11 is 21.2. The minimum absolute atomic E-state index is 0.360. The number of rotatable bonds is 7. The Hall–Kier alpha value is -9.37. The molecule has 0 bridgehead atoms. The number of hydrogen-bond acceptors (Lipinski definition) is 9. The van der Waals surface area contributed by atoms with Crippen LogP contribution in [-0.4, -0.2) is 63.9 Å². The highest BCUT2D eigenvalue weighted by molar-refractivity contribution is 14.1. The second-order valence-electron chi connectivity index (χ2n) is 37.4. The van der Waals surface area contributed by atoms with Gasteiger partial charge < -0.3 is 37.1 Å². The highest BCUT2D eigenvalue weighted by Gasteiger charge is 2.64. The third kappa shape index (κ3) is 17.5. The predicted molar refractivity (Wildman–Crippen MR) is 601 cm³/mol. The van der Waals surface area contributed by atoms with Crippen molar-refractivity contribution < 1.29 is 27.9 Å². The first kappa shape index (κ1) is 92.3. The molecule has 0 saturated carbocycles. The predicted octanol–water partition coefficient (Wildman–Crippen LogP) is 34.3. The van der Waals surface area contributed by atoms with E-state index in [-0.39, 0.29) is 22.4 Å². The number of nitrogens with zero attached hydrogens (tertiary/aromatic N) is 2. The molecular formula is C115H96B3Br3I2N2O6S3. The fraction of sp³-hybridized carbons (Fsp3) is 0.165.